The highest BCUT2D eigenvalue weighted by Crippen LogP contribution is 2.33. The van der Waals surface area contributed by atoms with E-state index in [1.54, 1.807) is 6.20 Å². The van der Waals surface area contributed by atoms with Gasteiger partial charge in [0.05, 0.1) is 5.69 Å². The van der Waals surface area contributed by atoms with Crippen LogP contribution in [0.3, 0.4) is 0 Å². The first-order chi connectivity index (χ1) is 10.3. The zero-order valence-electron chi connectivity index (χ0n) is 11.3. The van der Waals surface area contributed by atoms with Crippen LogP contribution >= 0.6 is 15.9 Å². The molecular formula is C18H14BrNO. The number of benzene rings is 2. The second-order valence-electron chi connectivity index (χ2n) is 4.73. The molecule has 0 saturated carbocycles. The highest BCUT2D eigenvalue weighted by atomic mass is 79.9. The summed E-state index contributed by atoms with van der Waals surface area (Å²) in [6.07, 6.45) is 1.72. The Morgan fingerprint density at radius 1 is 0.857 bits per heavy atom. The number of rotatable bonds is 3. The van der Waals surface area contributed by atoms with Crippen LogP contribution in [0.15, 0.2) is 66.9 Å². The lowest BCUT2D eigenvalue weighted by Gasteiger charge is -2.09. The van der Waals surface area contributed by atoms with E-state index in [9.17, 15) is 5.11 Å². The molecule has 104 valence electrons. The Kier molecular flexibility index (Phi) is 4.02. The number of halogens is 1. The Morgan fingerprint density at radius 2 is 1.57 bits per heavy atom. The van der Waals surface area contributed by atoms with Crippen molar-refractivity contribution in [2.75, 3.05) is 0 Å². The number of aromatic hydroxyl groups is 1. The molecule has 0 fully saturated rings. The molecule has 0 bridgehead atoms. The number of hydrogen-bond acceptors (Lipinski definition) is 2. The highest BCUT2D eigenvalue weighted by Gasteiger charge is 2.10. The van der Waals surface area contributed by atoms with Gasteiger partial charge in [0.15, 0.2) is 0 Å². The molecule has 0 spiro atoms. The van der Waals surface area contributed by atoms with Crippen molar-refractivity contribution >= 4 is 15.9 Å². The largest absolute Gasteiger partial charge is 0.505 e. The van der Waals surface area contributed by atoms with E-state index in [-0.39, 0.29) is 5.75 Å². The Bertz CT molecular complexity index is 756. The minimum atomic E-state index is 0.236. The summed E-state index contributed by atoms with van der Waals surface area (Å²) in [5.74, 6) is 0.236. The van der Waals surface area contributed by atoms with Gasteiger partial charge in [-0.15, -0.1) is 0 Å². The van der Waals surface area contributed by atoms with Gasteiger partial charge in [0, 0.05) is 17.1 Å². The number of nitrogens with zero attached hydrogens (tertiary/aromatic N) is 1. The number of hydrogen-bond donors (Lipinski definition) is 1. The molecule has 0 saturated heterocycles. The smallest absolute Gasteiger partial charge is 0.145 e. The second-order valence-corrected chi connectivity index (χ2v) is 5.30. The van der Waals surface area contributed by atoms with E-state index in [0.29, 0.717) is 11.0 Å². The number of pyridine rings is 1. The Hall–Kier alpha value is -2.13. The van der Waals surface area contributed by atoms with Crippen LogP contribution in [-0.4, -0.2) is 10.1 Å². The van der Waals surface area contributed by atoms with E-state index < -0.39 is 0 Å². The van der Waals surface area contributed by atoms with Gasteiger partial charge in [0.1, 0.15) is 5.75 Å². The van der Waals surface area contributed by atoms with Crippen molar-refractivity contribution in [3.63, 3.8) is 0 Å². The van der Waals surface area contributed by atoms with E-state index in [1.165, 1.54) is 0 Å². The van der Waals surface area contributed by atoms with E-state index in [1.807, 2.05) is 36.4 Å². The van der Waals surface area contributed by atoms with Gasteiger partial charge < -0.3 is 5.11 Å². The molecule has 1 heterocycles. The van der Waals surface area contributed by atoms with E-state index >= 15 is 0 Å². The lowest BCUT2D eigenvalue weighted by molar-refractivity contribution is 0.469. The molecule has 3 heteroatoms. The summed E-state index contributed by atoms with van der Waals surface area (Å²) in [5.41, 5.74) is 4.73. The van der Waals surface area contributed by atoms with Crippen LogP contribution in [0, 0.1) is 0 Å². The van der Waals surface area contributed by atoms with Gasteiger partial charge >= 0.3 is 0 Å². The van der Waals surface area contributed by atoms with Gasteiger partial charge in [-0.25, -0.2) is 0 Å². The molecule has 3 rings (SSSR count). The maximum atomic E-state index is 10.3. The molecule has 2 aromatic carbocycles. The van der Waals surface area contributed by atoms with Crippen molar-refractivity contribution in [3.05, 3.63) is 72.6 Å². The lowest BCUT2D eigenvalue weighted by atomic mass is 9.99. The fraction of sp³-hybridized carbons (Fsp3) is 0.0556. The van der Waals surface area contributed by atoms with Gasteiger partial charge in [-0.1, -0.05) is 64.5 Å². The first-order valence-electron chi connectivity index (χ1n) is 6.68. The average Bonchev–Trinajstić information content (AvgIpc) is 2.56. The normalized spacial score (nSPS) is 10.5. The molecule has 0 aliphatic rings. The molecule has 3 aromatic rings. The Balaban J connectivity index is 2.09. The van der Waals surface area contributed by atoms with Crippen LogP contribution in [0.4, 0.5) is 0 Å². The molecule has 0 aliphatic carbocycles. The van der Waals surface area contributed by atoms with Crippen LogP contribution in [-0.2, 0) is 5.33 Å². The summed E-state index contributed by atoms with van der Waals surface area (Å²) in [6, 6.07) is 20.2. The predicted octanol–water partition coefficient (Wildman–Crippen LogP) is 5.02. The van der Waals surface area contributed by atoms with Crippen LogP contribution in [0.25, 0.3) is 22.3 Å². The van der Waals surface area contributed by atoms with Crippen molar-refractivity contribution in [3.8, 4) is 28.0 Å². The van der Waals surface area contributed by atoms with Gasteiger partial charge in [-0.2, -0.15) is 0 Å². The standard InChI is InChI=1S/C18H14BrNO/c19-12-17-18(21)16(9-10-20-17)15-8-4-7-14(11-15)13-5-2-1-3-6-13/h1-11,21H,12H2. The van der Waals surface area contributed by atoms with Crippen molar-refractivity contribution in [2.45, 2.75) is 5.33 Å². The minimum absolute atomic E-state index is 0.236. The molecular weight excluding hydrogens is 326 g/mol. The summed E-state index contributed by atoms with van der Waals surface area (Å²) < 4.78 is 0. The predicted molar refractivity (Wildman–Crippen MR) is 89.4 cm³/mol. The highest BCUT2D eigenvalue weighted by molar-refractivity contribution is 9.08. The Labute approximate surface area is 132 Å². The molecule has 0 amide bonds. The van der Waals surface area contributed by atoms with Crippen LogP contribution in [0.1, 0.15) is 5.69 Å². The molecule has 0 aliphatic heterocycles. The summed E-state index contributed by atoms with van der Waals surface area (Å²) in [4.78, 5) is 4.17. The Morgan fingerprint density at radius 3 is 2.33 bits per heavy atom. The van der Waals surface area contributed by atoms with Gasteiger partial charge in [0.25, 0.3) is 0 Å². The SMILES string of the molecule is Oc1c(-c2cccc(-c3ccccc3)c2)ccnc1CBr. The summed E-state index contributed by atoms with van der Waals surface area (Å²) >= 11 is 3.34. The van der Waals surface area contributed by atoms with Crippen molar-refractivity contribution in [1.29, 1.82) is 0 Å². The number of aromatic nitrogens is 1. The summed E-state index contributed by atoms with van der Waals surface area (Å²) in [6.45, 7) is 0. The summed E-state index contributed by atoms with van der Waals surface area (Å²) in [5, 5.41) is 10.8. The van der Waals surface area contributed by atoms with E-state index in [2.05, 4.69) is 45.2 Å². The molecule has 0 atom stereocenters. The van der Waals surface area contributed by atoms with Crippen molar-refractivity contribution < 1.29 is 5.11 Å². The lowest BCUT2D eigenvalue weighted by Crippen LogP contribution is -1.89. The topological polar surface area (TPSA) is 33.1 Å². The molecule has 2 nitrogen and oxygen atoms in total. The third kappa shape index (κ3) is 2.83. The second kappa shape index (κ2) is 6.10. The van der Waals surface area contributed by atoms with Crippen molar-refractivity contribution in [2.24, 2.45) is 0 Å². The molecule has 1 N–H and O–H groups in total. The summed E-state index contributed by atoms with van der Waals surface area (Å²) in [7, 11) is 0. The number of alkyl halides is 1. The fourth-order valence-electron chi connectivity index (χ4n) is 2.32. The van der Waals surface area contributed by atoms with E-state index in [4.69, 9.17) is 0 Å². The van der Waals surface area contributed by atoms with Gasteiger partial charge in [-0.05, 0) is 28.8 Å². The monoisotopic (exact) mass is 339 g/mol. The fourth-order valence-corrected chi connectivity index (χ4v) is 2.74. The molecule has 1 aromatic heterocycles. The maximum absolute atomic E-state index is 10.3. The quantitative estimate of drug-likeness (QED) is 0.680. The third-order valence-electron chi connectivity index (χ3n) is 3.41. The first-order valence-corrected chi connectivity index (χ1v) is 7.80. The van der Waals surface area contributed by atoms with E-state index in [0.717, 1.165) is 22.3 Å². The van der Waals surface area contributed by atoms with Crippen LogP contribution in [0.2, 0.25) is 0 Å². The zero-order valence-corrected chi connectivity index (χ0v) is 12.9. The molecule has 21 heavy (non-hydrogen) atoms. The maximum Gasteiger partial charge on any atom is 0.145 e. The average molecular weight is 340 g/mol. The minimum Gasteiger partial charge on any atom is -0.505 e. The zero-order chi connectivity index (χ0) is 14.7. The van der Waals surface area contributed by atoms with Crippen molar-refractivity contribution in [1.82, 2.24) is 4.98 Å². The third-order valence-corrected chi connectivity index (χ3v) is 3.94. The molecule has 0 unspecified atom stereocenters. The van der Waals surface area contributed by atoms with Gasteiger partial charge in [-0.3, -0.25) is 4.98 Å². The van der Waals surface area contributed by atoms with Crippen LogP contribution in [0.5, 0.6) is 5.75 Å². The van der Waals surface area contributed by atoms with Gasteiger partial charge in [0.2, 0.25) is 0 Å². The molecule has 0 radical (unpaired) electrons. The van der Waals surface area contributed by atoms with Crippen LogP contribution < -0.4 is 0 Å². The first kappa shape index (κ1) is 13.8.